The first-order valence-corrected chi connectivity index (χ1v) is 9.98. The van der Waals surface area contributed by atoms with E-state index in [2.05, 4.69) is 10.4 Å². The van der Waals surface area contributed by atoms with E-state index in [-0.39, 0.29) is 18.3 Å². The molecule has 7 nitrogen and oxygen atoms in total. The molecule has 0 fully saturated rings. The quantitative estimate of drug-likeness (QED) is 0.568. The number of nitrogens with zero attached hydrogens (tertiary/aromatic N) is 3. The predicted molar refractivity (Wildman–Crippen MR) is 112 cm³/mol. The molecule has 2 aromatic carbocycles. The van der Waals surface area contributed by atoms with Crippen LogP contribution in [0.2, 0.25) is 0 Å². The summed E-state index contributed by atoms with van der Waals surface area (Å²) in [6, 6.07) is 8.42. The van der Waals surface area contributed by atoms with Gasteiger partial charge in [0.25, 0.3) is 11.5 Å². The Kier molecular flexibility index (Phi) is 6.80. The Morgan fingerprint density at radius 3 is 2.39 bits per heavy atom. The largest absolute Gasteiger partial charge is 0.416 e. The molecule has 33 heavy (non-hydrogen) atoms. The summed E-state index contributed by atoms with van der Waals surface area (Å²) in [5.74, 6) is -1.40. The fraction of sp³-hybridized carbons (Fsp3) is 0.273. The van der Waals surface area contributed by atoms with Crippen LogP contribution >= 0.6 is 0 Å². The van der Waals surface area contributed by atoms with E-state index in [1.807, 2.05) is 0 Å². The Hall–Kier alpha value is -3.76. The van der Waals surface area contributed by atoms with Gasteiger partial charge in [-0.3, -0.25) is 14.2 Å². The minimum absolute atomic E-state index is 0.278. The highest BCUT2D eigenvalue weighted by Crippen LogP contribution is 2.29. The smallest absolute Gasteiger partial charge is 0.348 e. The van der Waals surface area contributed by atoms with Gasteiger partial charge in [-0.25, -0.2) is 9.18 Å². The van der Waals surface area contributed by atoms with Crippen molar-refractivity contribution in [1.29, 1.82) is 0 Å². The molecule has 0 aliphatic rings. The highest BCUT2D eigenvalue weighted by Gasteiger charge is 2.31. The van der Waals surface area contributed by atoms with E-state index in [9.17, 15) is 31.9 Å². The molecule has 1 N–H and O–H groups in total. The van der Waals surface area contributed by atoms with E-state index in [1.165, 1.54) is 18.2 Å². The van der Waals surface area contributed by atoms with Gasteiger partial charge in [0, 0.05) is 6.04 Å². The summed E-state index contributed by atoms with van der Waals surface area (Å²) in [4.78, 5) is 38.7. The van der Waals surface area contributed by atoms with E-state index in [0.717, 1.165) is 24.3 Å². The maximum Gasteiger partial charge on any atom is 0.416 e. The van der Waals surface area contributed by atoms with Gasteiger partial charge in [0.2, 0.25) is 5.69 Å². The Balaban J connectivity index is 2.21. The fourth-order valence-corrected chi connectivity index (χ4v) is 2.95. The zero-order valence-electron chi connectivity index (χ0n) is 17.7. The number of alkyl halides is 3. The van der Waals surface area contributed by atoms with Crippen molar-refractivity contribution in [2.24, 2.45) is 0 Å². The zero-order valence-corrected chi connectivity index (χ0v) is 17.7. The second-order valence-electron chi connectivity index (χ2n) is 7.39. The molecule has 3 aromatic rings. The maximum absolute atomic E-state index is 13.2. The van der Waals surface area contributed by atoms with Gasteiger partial charge in [-0.2, -0.15) is 23.0 Å². The molecule has 0 spiro atoms. The summed E-state index contributed by atoms with van der Waals surface area (Å²) in [7, 11) is 0. The van der Waals surface area contributed by atoms with Gasteiger partial charge in [-0.1, -0.05) is 25.1 Å². The van der Waals surface area contributed by atoms with Gasteiger partial charge in [0.1, 0.15) is 5.82 Å². The van der Waals surface area contributed by atoms with Crippen molar-refractivity contribution in [3.8, 4) is 5.69 Å². The van der Waals surface area contributed by atoms with Gasteiger partial charge >= 0.3 is 11.9 Å². The zero-order chi connectivity index (χ0) is 24.3. The topological polar surface area (TPSA) is 86.0 Å². The SMILES string of the molecule is CC[C@@H](C)NC(=O)c1nn(-c2cccc(C(F)(F)F)c2)c(=O)n(Cc2ccc(F)cc2)c1=O. The monoisotopic (exact) mass is 464 g/mol. The number of hydrogen-bond acceptors (Lipinski definition) is 4. The lowest BCUT2D eigenvalue weighted by Gasteiger charge is -2.15. The summed E-state index contributed by atoms with van der Waals surface area (Å²) in [6.45, 7) is 3.15. The number of nitrogens with one attached hydrogen (secondary N) is 1. The van der Waals surface area contributed by atoms with Crippen molar-refractivity contribution >= 4 is 5.91 Å². The molecule has 1 amide bonds. The molecular weight excluding hydrogens is 444 g/mol. The third-order valence-corrected chi connectivity index (χ3v) is 4.94. The van der Waals surface area contributed by atoms with E-state index < -0.39 is 40.4 Å². The van der Waals surface area contributed by atoms with Crippen LogP contribution in [-0.2, 0) is 12.7 Å². The van der Waals surface area contributed by atoms with Crippen LogP contribution in [0.5, 0.6) is 0 Å². The maximum atomic E-state index is 13.2. The van der Waals surface area contributed by atoms with Crippen LogP contribution in [0.15, 0.2) is 58.1 Å². The molecule has 1 heterocycles. The summed E-state index contributed by atoms with van der Waals surface area (Å²) in [5, 5.41) is 6.36. The number of halogens is 4. The number of carbonyl (C=O) groups excluding carboxylic acids is 1. The molecule has 0 aliphatic carbocycles. The van der Waals surface area contributed by atoms with Crippen molar-refractivity contribution in [3.05, 3.63) is 92.0 Å². The normalized spacial score (nSPS) is 12.4. The van der Waals surface area contributed by atoms with Gasteiger partial charge < -0.3 is 5.32 Å². The average molecular weight is 464 g/mol. The lowest BCUT2D eigenvalue weighted by molar-refractivity contribution is -0.137. The first-order chi connectivity index (χ1) is 15.5. The molecule has 0 bridgehead atoms. The molecule has 0 saturated carbocycles. The highest BCUT2D eigenvalue weighted by molar-refractivity contribution is 5.91. The van der Waals surface area contributed by atoms with Crippen molar-refractivity contribution < 1.29 is 22.4 Å². The van der Waals surface area contributed by atoms with Crippen LogP contribution in [0, 0.1) is 5.82 Å². The predicted octanol–water partition coefficient (Wildman–Crippen LogP) is 3.13. The van der Waals surface area contributed by atoms with E-state index in [0.29, 0.717) is 27.3 Å². The van der Waals surface area contributed by atoms with Gasteiger partial charge in [0.05, 0.1) is 17.8 Å². The molecule has 3 rings (SSSR count). The highest BCUT2D eigenvalue weighted by atomic mass is 19.4. The molecule has 174 valence electrons. The number of rotatable bonds is 6. The lowest BCUT2D eigenvalue weighted by Crippen LogP contribution is -2.47. The van der Waals surface area contributed by atoms with Crippen molar-refractivity contribution in [3.63, 3.8) is 0 Å². The van der Waals surface area contributed by atoms with Crippen LogP contribution in [-0.4, -0.2) is 26.3 Å². The average Bonchev–Trinajstić information content (AvgIpc) is 2.77. The molecule has 11 heteroatoms. The Bertz CT molecular complexity index is 1280. The van der Waals surface area contributed by atoms with E-state index in [1.54, 1.807) is 13.8 Å². The molecule has 0 radical (unpaired) electrons. The van der Waals surface area contributed by atoms with Crippen molar-refractivity contribution in [2.45, 2.75) is 39.0 Å². The minimum atomic E-state index is -4.68. The molecule has 0 aliphatic heterocycles. The van der Waals surface area contributed by atoms with E-state index in [4.69, 9.17) is 0 Å². The van der Waals surface area contributed by atoms with Gasteiger partial charge in [-0.05, 0) is 49.2 Å². The third-order valence-electron chi connectivity index (χ3n) is 4.94. The van der Waals surface area contributed by atoms with Crippen LogP contribution in [0.3, 0.4) is 0 Å². The third kappa shape index (κ3) is 5.36. The van der Waals surface area contributed by atoms with Crippen LogP contribution in [0.1, 0.15) is 41.9 Å². The van der Waals surface area contributed by atoms with Crippen LogP contribution in [0.25, 0.3) is 5.69 Å². The number of hydrogen-bond donors (Lipinski definition) is 1. The summed E-state index contributed by atoms with van der Waals surface area (Å²) in [6.07, 6.45) is -4.14. The van der Waals surface area contributed by atoms with Gasteiger partial charge in [0.15, 0.2) is 0 Å². The molecule has 0 saturated heterocycles. The Morgan fingerprint density at radius 2 is 1.79 bits per heavy atom. The number of carbonyl (C=O) groups is 1. The van der Waals surface area contributed by atoms with E-state index >= 15 is 0 Å². The number of amides is 1. The number of benzene rings is 2. The minimum Gasteiger partial charge on any atom is -0.348 e. The second kappa shape index (κ2) is 9.39. The lowest BCUT2D eigenvalue weighted by atomic mass is 10.2. The number of aromatic nitrogens is 3. The first kappa shape index (κ1) is 23.9. The Labute approximate surface area is 185 Å². The molecule has 1 aromatic heterocycles. The Morgan fingerprint density at radius 1 is 1.12 bits per heavy atom. The molecule has 0 unspecified atom stereocenters. The van der Waals surface area contributed by atoms with Crippen molar-refractivity contribution in [1.82, 2.24) is 19.7 Å². The molecular formula is C22H20F4N4O3. The standard InChI is InChI=1S/C22H20F4N4O3/c1-3-13(2)27-19(31)18-20(32)29(12-14-7-9-16(23)10-8-14)21(33)30(28-18)17-6-4-5-15(11-17)22(24,25)26/h4-11,13H,3,12H2,1-2H3,(H,27,31)/t13-/m1/s1. The fourth-order valence-electron chi connectivity index (χ4n) is 2.95. The van der Waals surface area contributed by atoms with Crippen LogP contribution < -0.4 is 16.6 Å². The summed E-state index contributed by atoms with van der Waals surface area (Å²) < 4.78 is 54.0. The van der Waals surface area contributed by atoms with Gasteiger partial charge in [-0.15, -0.1) is 0 Å². The second-order valence-corrected chi connectivity index (χ2v) is 7.39. The van der Waals surface area contributed by atoms with Crippen molar-refractivity contribution in [2.75, 3.05) is 0 Å². The summed E-state index contributed by atoms with van der Waals surface area (Å²) in [5.41, 5.74) is -3.67. The van der Waals surface area contributed by atoms with Crippen LogP contribution in [0.4, 0.5) is 17.6 Å². The summed E-state index contributed by atoms with van der Waals surface area (Å²) >= 11 is 0. The first-order valence-electron chi connectivity index (χ1n) is 9.98. The molecule has 1 atom stereocenters.